The Labute approximate surface area is 162 Å². The first-order chi connectivity index (χ1) is 13.2. The van der Waals surface area contributed by atoms with Crippen LogP contribution in [0.2, 0.25) is 5.02 Å². The van der Waals surface area contributed by atoms with Gasteiger partial charge >= 0.3 is 6.03 Å². The van der Waals surface area contributed by atoms with Crippen LogP contribution in [-0.2, 0) is 0 Å². The molecular formula is C20H20ClN5O. The van der Waals surface area contributed by atoms with Crippen molar-refractivity contribution in [3.05, 3.63) is 65.7 Å². The van der Waals surface area contributed by atoms with Gasteiger partial charge in [-0.1, -0.05) is 41.9 Å². The lowest BCUT2D eigenvalue weighted by molar-refractivity contribution is 0.208. The highest BCUT2D eigenvalue weighted by Gasteiger charge is 2.21. The number of para-hydroxylation sites is 1. The van der Waals surface area contributed by atoms with Crippen LogP contribution in [0, 0.1) is 0 Å². The number of rotatable bonds is 3. The molecule has 1 aliphatic rings. The van der Waals surface area contributed by atoms with Gasteiger partial charge in [0.15, 0.2) is 5.82 Å². The second-order valence-corrected chi connectivity index (χ2v) is 6.85. The van der Waals surface area contributed by atoms with Gasteiger partial charge < -0.3 is 9.80 Å². The number of anilines is 2. The number of halogens is 1. The van der Waals surface area contributed by atoms with Gasteiger partial charge in [-0.3, -0.25) is 10.4 Å². The molecule has 0 bridgehead atoms. The van der Waals surface area contributed by atoms with Gasteiger partial charge in [-0.15, -0.1) is 0 Å². The molecule has 2 amide bonds. The molecule has 1 saturated heterocycles. The van der Waals surface area contributed by atoms with Crippen molar-refractivity contribution in [1.82, 2.24) is 15.1 Å². The highest BCUT2D eigenvalue weighted by Crippen LogP contribution is 2.23. The van der Waals surface area contributed by atoms with Crippen molar-refractivity contribution in [3.63, 3.8) is 0 Å². The number of aromatic amines is 1. The number of nitrogens with one attached hydrogen (secondary N) is 2. The average Bonchev–Trinajstić information content (AvgIpc) is 3.17. The number of H-pyrrole nitrogens is 1. The van der Waals surface area contributed by atoms with Crippen molar-refractivity contribution in [2.75, 3.05) is 36.4 Å². The number of aromatic nitrogens is 2. The van der Waals surface area contributed by atoms with E-state index in [-0.39, 0.29) is 6.03 Å². The van der Waals surface area contributed by atoms with Gasteiger partial charge in [-0.25, -0.2) is 4.79 Å². The molecule has 1 aliphatic heterocycles. The molecule has 2 N–H and O–H groups in total. The van der Waals surface area contributed by atoms with E-state index in [0.717, 1.165) is 24.3 Å². The monoisotopic (exact) mass is 381 g/mol. The quantitative estimate of drug-likeness (QED) is 0.718. The first-order valence-corrected chi connectivity index (χ1v) is 9.24. The van der Waals surface area contributed by atoms with E-state index in [4.69, 9.17) is 11.6 Å². The minimum Gasteiger partial charge on any atom is -0.368 e. The zero-order chi connectivity index (χ0) is 18.6. The Bertz CT molecular complexity index is 919. The Morgan fingerprint density at radius 1 is 1.00 bits per heavy atom. The van der Waals surface area contributed by atoms with Crippen LogP contribution >= 0.6 is 11.6 Å². The van der Waals surface area contributed by atoms with Crippen LogP contribution in [0.25, 0.3) is 11.3 Å². The molecule has 7 heteroatoms. The Hall–Kier alpha value is -2.99. The molecule has 0 spiro atoms. The summed E-state index contributed by atoms with van der Waals surface area (Å²) in [5.41, 5.74) is 2.92. The lowest BCUT2D eigenvalue weighted by Crippen LogP contribution is -2.50. The summed E-state index contributed by atoms with van der Waals surface area (Å²) in [6.45, 7) is 2.97. The summed E-state index contributed by atoms with van der Waals surface area (Å²) in [4.78, 5) is 16.6. The third kappa shape index (κ3) is 4.06. The first-order valence-electron chi connectivity index (χ1n) is 8.86. The smallest absolute Gasteiger partial charge is 0.323 e. The molecule has 0 unspecified atom stereocenters. The van der Waals surface area contributed by atoms with Crippen LogP contribution in [0.15, 0.2) is 60.7 Å². The molecule has 1 fully saturated rings. The van der Waals surface area contributed by atoms with Gasteiger partial charge in [-0.05, 0) is 24.3 Å². The fourth-order valence-corrected chi connectivity index (χ4v) is 3.38. The molecule has 6 nitrogen and oxygen atoms in total. The summed E-state index contributed by atoms with van der Waals surface area (Å²) in [7, 11) is 0. The number of benzene rings is 2. The lowest BCUT2D eigenvalue weighted by Gasteiger charge is -2.35. The van der Waals surface area contributed by atoms with E-state index in [1.807, 2.05) is 53.4 Å². The van der Waals surface area contributed by atoms with Crippen molar-refractivity contribution < 1.29 is 4.79 Å². The van der Waals surface area contributed by atoms with Gasteiger partial charge in [0.25, 0.3) is 0 Å². The van der Waals surface area contributed by atoms with Gasteiger partial charge in [0, 0.05) is 48.5 Å². The highest BCUT2D eigenvalue weighted by molar-refractivity contribution is 6.30. The Kier molecular flexibility index (Phi) is 4.98. The Morgan fingerprint density at radius 3 is 2.52 bits per heavy atom. The molecular weight excluding hydrogens is 362 g/mol. The number of nitrogens with zero attached hydrogens (tertiary/aromatic N) is 3. The van der Waals surface area contributed by atoms with Gasteiger partial charge in [0.1, 0.15) is 0 Å². The fourth-order valence-electron chi connectivity index (χ4n) is 3.18. The molecule has 0 atom stereocenters. The molecule has 2 aromatic carbocycles. The molecule has 1 aromatic heterocycles. The number of carbonyl (C=O) groups excluding carboxylic acids is 1. The molecule has 138 valence electrons. The normalized spacial score (nSPS) is 14.3. The molecule has 2 heterocycles. The van der Waals surface area contributed by atoms with Crippen LogP contribution in [0.3, 0.4) is 0 Å². The number of urea groups is 1. The summed E-state index contributed by atoms with van der Waals surface area (Å²) in [5.74, 6) is 0.500. The maximum atomic E-state index is 12.5. The zero-order valence-electron chi connectivity index (χ0n) is 14.7. The Morgan fingerprint density at radius 2 is 1.78 bits per heavy atom. The van der Waals surface area contributed by atoms with Gasteiger partial charge in [0.2, 0.25) is 0 Å². The number of carbonyl (C=O) groups is 1. The maximum absolute atomic E-state index is 12.5. The minimum absolute atomic E-state index is 0.133. The largest absolute Gasteiger partial charge is 0.368 e. The van der Waals surface area contributed by atoms with E-state index in [9.17, 15) is 4.79 Å². The summed E-state index contributed by atoms with van der Waals surface area (Å²) >= 11 is 6.03. The molecule has 0 aliphatic carbocycles. The second-order valence-electron chi connectivity index (χ2n) is 6.42. The fraction of sp³-hybridized carbons (Fsp3) is 0.200. The standard InChI is InChI=1S/C20H20ClN5O/c21-16-6-4-5-15(13-16)18-14-19(24-23-18)22-20(27)26-11-9-25(10-12-26)17-7-2-1-3-8-17/h1-8,13-14H,9-12H2,(H2,22,23,24,27). The van der Waals surface area contributed by atoms with E-state index in [0.29, 0.717) is 23.9 Å². The third-order valence-electron chi connectivity index (χ3n) is 4.64. The van der Waals surface area contributed by atoms with Crippen molar-refractivity contribution in [3.8, 4) is 11.3 Å². The Balaban J connectivity index is 1.35. The first kappa shape index (κ1) is 17.4. The molecule has 4 rings (SSSR count). The van der Waals surface area contributed by atoms with E-state index in [2.05, 4.69) is 32.5 Å². The zero-order valence-corrected chi connectivity index (χ0v) is 15.5. The van der Waals surface area contributed by atoms with Crippen LogP contribution in [0.4, 0.5) is 16.3 Å². The van der Waals surface area contributed by atoms with E-state index in [1.165, 1.54) is 5.69 Å². The summed E-state index contributed by atoms with van der Waals surface area (Å²) in [5, 5.41) is 10.6. The van der Waals surface area contributed by atoms with Crippen molar-refractivity contribution in [2.45, 2.75) is 0 Å². The summed E-state index contributed by atoms with van der Waals surface area (Å²) < 4.78 is 0. The van der Waals surface area contributed by atoms with Gasteiger partial charge in [0.05, 0.1) is 5.69 Å². The number of amides is 2. The van der Waals surface area contributed by atoms with Crippen LogP contribution < -0.4 is 10.2 Å². The predicted octanol–water partition coefficient (Wildman–Crippen LogP) is 4.08. The molecule has 3 aromatic rings. The summed E-state index contributed by atoms with van der Waals surface area (Å²) in [6.07, 6.45) is 0. The van der Waals surface area contributed by atoms with E-state index in [1.54, 1.807) is 0 Å². The summed E-state index contributed by atoms with van der Waals surface area (Å²) in [6, 6.07) is 19.4. The number of hydrogen-bond acceptors (Lipinski definition) is 3. The predicted molar refractivity (Wildman–Crippen MR) is 108 cm³/mol. The number of piperazine rings is 1. The van der Waals surface area contributed by atoms with Crippen LogP contribution in [0.1, 0.15) is 0 Å². The molecule has 0 saturated carbocycles. The van der Waals surface area contributed by atoms with Crippen molar-refractivity contribution in [1.29, 1.82) is 0 Å². The third-order valence-corrected chi connectivity index (χ3v) is 4.87. The number of hydrogen-bond donors (Lipinski definition) is 2. The topological polar surface area (TPSA) is 64.3 Å². The molecule has 27 heavy (non-hydrogen) atoms. The van der Waals surface area contributed by atoms with Crippen LogP contribution in [0.5, 0.6) is 0 Å². The highest BCUT2D eigenvalue weighted by atomic mass is 35.5. The minimum atomic E-state index is -0.133. The second kappa shape index (κ2) is 7.72. The lowest BCUT2D eigenvalue weighted by atomic mass is 10.1. The average molecular weight is 382 g/mol. The van der Waals surface area contributed by atoms with Crippen LogP contribution in [-0.4, -0.2) is 47.3 Å². The van der Waals surface area contributed by atoms with E-state index < -0.39 is 0 Å². The van der Waals surface area contributed by atoms with Gasteiger partial charge in [-0.2, -0.15) is 5.10 Å². The van der Waals surface area contributed by atoms with E-state index >= 15 is 0 Å². The van der Waals surface area contributed by atoms with Crippen molar-refractivity contribution >= 4 is 29.1 Å². The maximum Gasteiger partial charge on any atom is 0.323 e. The van der Waals surface area contributed by atoms with Crippen molar-refractivity contribution in [2.24, 2.45) is 0 Å². The SMILES string of the molecule is O=C(Nc1cc(-c2cccc(Cl)c2)[nH]n1)N1CCN(c2ccccc2)CC1. The molecule has 0 radical (unpaired) electrons.